The first-order chi connectivity index (χ1) is 8.46. The number of benzene rings is 1. The van der Waals surface area contributed by atoms with Gasteiger partial charge >= 0.3 is 0 Å². The number of thioether (sulfide) groups is 1. The molecule has 4 heteroatoms. The Balaban J connectivity index is 2.62. The lowest BCUT2D eigenvalue weighted by molar-refractivity contribution is 0.406. The lowest BCUT2D eigenvalue weighted by Crippen LogP contribution is -2.39. The first-order valence-electron chi connectivity index (χ1n) is 6.18. The van der Waals surface area contributed by atoms with Gasteiger partial charge in [0, 0.05) is 16.5 Å². The molecule has 0 aliphatic rings. The Bertz CT molecular complexity index is 363. The van der Waals surface area contributed by atoms with Crippen LogP contribution in [0.3, 0.4) is 0 Å². The summed E-state index contributed by atoms with van der Waals surface area (Å²) in [7, 11) is 1.70. The molecule has 0 spiro atoms. The smallest absolute Gasteiger partial charge is 0.122 e. The van der Waals surface area contributed by atoms with E-state index >= 15 is 0 Å². The highest BCUT2D eigenvalue weighted by Crippen LogP contribution is 2.25. The van der Waals surface area contributed by atoms with Crippen molar-refractivity contribution in [1.82, 2.24) is 5.43 Å². The lowest BCUT2D eigenvalue weighted by atomic mass is 10.1. The van der Waals surface area contributed by atoms with E-state index in [1.807, 2.05) is 30.0 Å². The number of rotatable bonds is 6. The molecule has 102 valence electrons. The van der Waals surface area contributed by atoms with Gasteiger partial charge in [0.2, 0.25) is 0 Å². The molecule has 1 aromatic carbocycles. The predicted octanol–water partition coefficient (Wildman–Crippen LogP) is 2.60. The van der Waals surface area contributed by atoms with Gasteiger partial charge in [-0.3, -0.25) is 11.3 Å². The number of hydrazine groups is 1. The van der Waals surface area contributed by atoms with Crippen molar-refractivity contribution in [2.75, 3.05) is 12.9 Å². The number of hydrogen-bond acceptors (Lipinski definition) is 4. The Morgan fingerprint density at radius 3 is 2.56 bits per heavy atom. The van der Waals surface area contributed by atoms with Crippen LogP contribution in [0, 0.1) is 0 Å². The topological polar surface area (TPSA) is 47.3 Å². The van der Waals surface area contributed by atoms with Gasteiger partial charge in [-0.15, -0.1) is 0 Å². The Morgan fingerprint density at radius 1 is 1.33 bits per heavy atom. The van der Waals surface area contributed by atoms with Gasteiger partial charge < -0.3 is 4.74 Å². The minimum Gasteiger partial charge on any atom is -0.496 e. The highest BCUT2D eigenvalue weighted by atomic mass is 32.2. The van der Waals surface area contributed by atoms with Gasteiger partial charge in [0.15, 0.2) is 0 Å². The van der Waals surface area contributed by atoms with Gasteiger partial charge in [-0.25, -0.2) is 0 Å². The average Bonchev–Trinajstić information content (AvgIpc) is 2.33. The molecule has 0 saturated heterocycles. The molecule has 3 N–H and O–H groups in total. The van der Waals surface area contributed by atoms with Crippen LogP contribution in [0.4, 0.5) is 0 Å². The zero-order valence-electron chi connectivity index (χ0n) is 11.7. The van der Waals surface area contributed by atoms with E-state index in [-0.39, 0.29) is 10.8 Å². The Hall–Kier alpha value is -0.710. The quantitative estimate of drug-likeness (QED) is 0.615. The number of nitrogens with two attached hydrogens (primary N) is 1. The third-order valence-electron chi connectivity index (χ3n) is 2.61. The molecular weight excluding hydrogens is 244 g/mol. The molecule has 0 amide bonds. The van der Waals surface area contributed by atoms with Gasteiger partial charge in [0.1, 0.15) is 5.75 Å². The predicted molar refractivity (Wildman–Crippen MR) is 80.0 cm³/mol. The second-order valence-corrected chi connectivity index (χ2v) is 7.15. The number of nitrogens with one attached hydrogen (secondary N) is 1. The van der Waals surface area contributed by atoms with Crippen LogP contribution in [0.1, 0.15) is 26.3 Å². The maximum Gasteiger partial charge on any atom is 0.122 e. The maximum atomic E-state index is 5.64. The summed E-state index contributed by atoms with van der Waals surface area (Å²) < 4.78 is 5.62. The van der Waals surface area contributed by atoms with E-state index in [0.29, 0.717) is 0 Å². The van der Waals surface area contributed by atoms with Crippen LogP contribution in [0.15, 0.2) is 24.3 Å². The molecule has 0 aromatic heterocycles. The highest BCUT2D eigenvalue weighted by Gasteiger charge is 2.16. The van der Waals surface area contributed by atoms with E-state index in [1.165, 1.54) is 5.56 Å². The molecule has 0 aliphatic heterocycles. The summed E-state index contributed by atoms with van der Waals surface area (Å²) in [6.45, 7) is 6.65. The first-order valence-corrected chi connectivity index (χ1v) is 7.17. The zero-order chi connectivity index (χ0) is 13.6. The average molecular weight is 268 g/mol. The summed E-state index contributed by atoms with van der Waals surface area (Å²) in [5, 5.41) is 0. The molecule has 1 atom stereocenters. The normalized spacial score (nSPS) is 13.4. The van der Waals surface area contributed by atoms with Crippen molar-refractivity contribution in [2.45, 2.75) is 38.0 Å². The van der Waals surface area contributed by atoms with Crippen LogP contribution in [0.2, 0.25) is 0 Å². The molecule has 0 fully saturated rings. The summed E-state index contributed by atoms with van der Waals surface area (Å²) in [5.74, 6) is 7.55. The number of ether oxygens (including phenoxy) is 1. The van der Waals surface area contributed by atoms with Gasteiger partial charge in [-0.2, -0.15) is 11.8 Å². The monoisotopic (exact) mass is 268 g/mol. The third-order valence-corrected chi connectivity index (χ3v) is 4.05. The highest BCUT2D eigenvalue weighted by molar-refractivity contribution is 8.00. The molecule has 1 unspecified atom stereocenters. The van der Waals surface area contributed by atoms with Gasteiger partial charge in [-0.05, 0) is 18.1 Å². The molecule has 1 rings (SSSR count). The van der Waals surface area contributed by atoms with Crippen molar-refractivity contribution >= 4 is 11.8 Å². The molecule has 0 radical (unpaired) electrons. The fourth-order valence-corrected chi connectivity index (χ4v) is 2.57. The van der Waals surface area contributed by atoms with Crippen LogP contribution in [-0.4, -0.2) is 23.7 Å². The molecule has 3 nitrogen and oxygen atoms in total. The summed E-state index contributed by atoms with van der Waals surface area (Å²) in [5.41, 5.74) is 4.09. The number of methoxy groups -OCH3 is 1. The molecule has 0 saturated carbocycles. The van der Waals surface area contributed by atoms with Crippen molar-refractivity contribution in [1.29, 1.82) is 0 Å². The lowest BCUT2D eigenvalue weighted by Gasteiger charge is -2.23. The van der Waals surface area contributed by atoms with Crippen LogP contribution in [0.25, 0.3) is 0 Å². The van der Waals surface area contributed by atoms with E-state index < -0.39 is 0 Å². The fraction of sp³-hybridized carbons (Fsp3) is 0.571. The minimum absolute atomic E-state index is 0.255. The SMILES string of the molecule is COc1ccccc1CC(CSC(C)(C)C)NN. The van der Waals surface area contributed by atoms with Gasteiger partial charge in [-0.1, -0.05) is 39.0 Å². The van der Waals surface area contributed by atoms with E-state index in [9.17, 15) is 0 Å². The summed E-state index contributed by atoms with van der Waals surface area (Å²) in [6, 6.07) is 8.34. The van der Waals surface area contributed by atoms with Crippen molar-refractivity contribution in [3.63, 3.8) is 0 Å². The van der Waals surface area contributed by atoms with Crippen molar-refractivity contribution in [3.8, 4) is 5.75 Å². The van der Waals surface area contributed by atoms with Crippen LogP contribution in [0.5, 0.6) is 5.75 Å². The molecule has 1 aromatic rings. The molecular formula is C14H24N2OS. The number of hydrogen-bond donors (Lipinski definition) is 2. The number of para-hydroxylation sites is 1. The maximum absolute atomic E-state index is 5.64. The Labute approximate surface area is 114 Å². The molecule has 18 heavy (non-hydrogen) atoms. The summed E-state index contributed by atoms with van der Waals surface area (Å²) >= 11 is 1.92. The summed E-state index contributed by atoms with van der Waals surface area (Å²) in [6.07, 6.45) is 0.879. The molecule has 0 heterocycles. The van der Waals surface area contributed by atoms with Crippen molar-refractivity contribution < 1.29 is 4.74 Å². The van der Waals surface area contributed by atoms with E-state index in [1.54, 1.807) is 7.11 Å². The fourth-order valence-electron chi connectivity index (χ4n) is 1.65. The van der Waals surface area contributed by atoms with Crippen LogP contribution < -0.4 is 16.0 Å². The molecule has 0 aliphatic carbocycles. The zero-order valence-corrected chi connectivity index (χ0v) is 12.5. The molecule has 0 bridgehead atoms. The van der Waals surface area contributed by atoms with Gasteiger partial charge in [0.25, 0.3) is 0 Å². The van der Waals surface area contributed by atoms with Gasteiger partial charge in [0.05, 0.1) is 7.11 Å². The minimum atomic E-state index is 0.255. The second kappa shape index (κ2) is 7.02. The second-order valence-electron chi connectivity index (χ2n) is 5.30. The van der Waals surface area contributed by atoms with E-state index in [0.717, 1.165) is 17.9 Å². The Morgan fingerprint density at radius 2 is 2.00 bits per heavy atom. The van der Waals surface area contributed by atoms with Crippen LogP contribution >= 0.6 is 11.8 Å². The standard InChI is InChI=1S/C14H24N2OS/c1-14(2,3)18-10-12(16-15)9-11-7-5-6-8-13(11)17-4/h5-8,12,16H,9-10,15H2,1-4H3. The van der Waals surface area contributed by atoms with Crippen molar-refractivity contribution in [3.05, 3.63) is 29.8 Å². The van der Waals surface area contributed by atoms with Crippen molar-refractivity contribution in [2.24, 2.45) is 5.84 Å². The van der Waals surface area contributed by atoms with E-state index in [4.69, 9.17) is 10.6 Å². The van der Waals surface area contributed by atoms with E-state index in [2.05, 4.69) is 32.3 Å². The largest absolute Gasteiger partial charge is 0.496 e. The third kappa shape index (κ3) is 5.29. The Kier molecular flexibility index (Phi) is 5.99. The first kappa shape index (κ1) is 15.3. The van der Waals surface area contributed by atoms with Crippen LogP contribution in [-0.2, 0) is 6.42 Å². The summed E-state index contributed by atoms with van der Waals surface area (Å²) in [4.78, 5) is 0.